The molecule has 1 saturated heterocycles. The van der Waals surface area contributed by atoms with Crippen LogP contribution in [0.3, 0.4) is 0 Å². The lowest BCUT2D eigenvalue weighted by atomic mass is 10.0. The molecule has 1 fully saturated rings. The van der Waals surface area contributed by atoms with Crippen molar-refractivity contribution in [2.24, 2.45) is 0 Å². The van der Waals surface area contributed by atoms with Crippen molar-refractivity contribution in [3.05, 3.63) is 100 Å². The number of nitrogens with zero attached hydrogens (tertiary/aromatic N) is 5. The van der Waals surface area contributed by atoms with E-state index in [2.05, 4.69) is 27.2 Å². The van der Waals surface area contributed by atoms with Crippen molar-refractivity contribution in [3.8, 4) is 17.5 Å². The Labute approximate surface area is 235 Å². The number of likely N-dealkylation sites (tertiary alicyclic amines) is 1. The van der Waals surface area contributed by atoms with Gasteiger partial charge in [0.15, 0.2) is 11.5 Å². The van der Waals surface area contributed by atoms with Crippen molar-refractivity contribution in [1.29, 1.82) is 0 Å². The minimum absolute atomic E-state index is 0.0613. The summed E-state index contributed by atoms with van der Waals surface area (Å²) in [6, 6.07) is 17.8. The molecule has 10 heteroatoms. The summed E-state index contributed by atoms with van der Waals surface area (Å²) < 4.78 is 3.05. The summed E-state index contributed by atoms with van der Waals surface area (Å²) in [5.74, 6) is 5.91. The first-order valence-corrected chi connectivity index (χ1v) is 13.3. The third-order valence-electron chi connectivity index (χ3n) is 7.19. The highest BCUT2D eigenvalue weighted by atomic mass is 16.2. The second kappa shape index (κ2) is 10.6. The zero-order valence-electron chi connectivity index (χ0n) is 22.4. The molecule has 5 aromatic rings. The van der Waals surface area contributed by atoms with E-state index >= 15 is 0 Å². The molecular formula is C31H27N7O3. The molecule has 10 nitrogen and oxygen atoms in total. The van der Waals surface area contributed by atoms with Crippen LogP contribution in [0.25, 0.3) is 22.1 Å². The van der Waals surface area contributed by atoms with Crippen LogP contribution in [-0.4, -0.2) is 49.0 Å². The molecule has 6 rings (SSSR count). The number of para-hydroxylation sites is 1. The van der Waals surface area contributed by atoms with Crippen LogP contribution in [0.4, 0.5) is 5.82 Å². The highest BCUT2D eigenvalue weighted by molar-refractivity contribution is 6.04. The maximum Gasteiger partial charge on any atom is 0.264 e. The third-order valence-corrected chi connectivity index (χ3v) is 7.19. The van der Waals surface area contributed by atoms with Gasteiger partial charge in [-0.2, -0.15) is 0 Å². The van der Waals surface area contributed by atoms with Crippen LogP contribution >= 0.6 is 0 Å². The molecule has 204 valence electrons. The van der Waals surface area contributed by atoms with Gasteiger partial charge in [-0.1, -0.05) is 42.2 Å². The van der Waals surface area contributed by atoms with Gasteiger partial charge in [0.25, 0.3) is 11.5 Å². The SMILES string of the molecule is CC(NC(=O)c1c(N)nn2cccnc12)c1cc2cccc(C#CCN3CCCC3=O)c2c(=O)n1-c1ccccc1. The van der Waals surface area contributed by atoms with Gasteiger partial charge in [-0.15, -0.1) is 5.10 Å². The van der Waals surface area contributed by atoms with Gasteiger partial charge in [0.2, 0.25) is 5.91 Å². The molecule has 1 unspecified atom stereocenters. The number of carbonyl (C=O) groups excluding carboxylic acids is 2. The van der Waals surface area contributed by atoms with Crippen molar-refractivity contribution in [2.75, 3.05) is 18.8 Å². The second-order valence-corrected chi connectivity index (χ2v) is 9.88. The van der Waals surface area contributed by atoms with Crippen LogP contribution in [0, 0.1) is 11.8 Å². The molecular weight excluding hydrogens is 518 g/mol. The van der Waals surface area contributed by atoms with Crippen molar-refractivity contribution >= 4 is 34.1 Å². The molecule has 0 spiro atoms. The second-order valence-electron chi connectivity index (χ2n) is 9.88. The predicted molar refractivity (Wildman–Crippen MR) is 156 cm³/mol. The van der Waals surface area contributed by atoms with Crippen LogP contribution in [-0.2, 0) is 4.79 Å². The average Bonchev–Trinajstić information content (AvgIpc) is 3.54. The number of rotatable bonds is 5. The molecule has 1 aliphatic heterocycles. The van der Waals surface area contributed by atoms with Crippen LogP contribution in [0.5, 0.6) is 0 Å². The molecule has 0 bridgehead atoms. The normalized spacial score (nSPS) is 13.8. The first kappa shape index (κ1) is 25.8. The first-order chi connectivity index (χ1) is 19.9. The number of carbonyl (C=O) groups is 2. The number of nitrogen functional groups attached to an aromatic ring is 1. The number of anilines is 1. The maximum atomic E-state index is 14.2. The summed E-state index contributed by atoms with van der Waals surface area (Å²) in [5, 5.41) is 8.32. The van der Waals surface area contributed by atoms with Gasteiger partial charge in [0, 0.05) is 42.3 Å². The minimum atomic E-state index is -0.589. The summed E-state index contributed by atoms with van der Waals surface area (Å²) in [4.78, 5) is 45.5. The molecule has 0 radical (unpaired) electrons. The Morgan fingerprint density at radius 2 is 1.95 bits per heavy atom. The van der Waals surface area contributed by atoms with E-state index in [4.69, 9.17) is 5.73 Å². The standard InChI is InChI=1S/C31H27N7O3/c1-20(34-30(40)27-28(32)35-37-18-8-15-33-29(27)37)24-19-22-10-5-9-21(11-6-16-36-17-7-14-25(36)39)26(22)31(41)38(24)23-12-3-2-4-13-23/h2-5,8-10,12-13,15,18-20H,7,14,16-17H2,1H3,(H2,32,35)(H,34,40). The molecule has 0 saturated carbocycles. The van der Waals surface area contributed by atoms with E-state index in [-0.39, 0.29) is 22.8 Å². The highest BCUT2D eigenvalue weighted by Crippen LogP contribution is 2.24. The van der Waals surface area contributed by atoms with Gasteiger partial charge >= 0.3 is 0 Å². The molecule has 1 atom stereocenters. The van der Waals surface area contributed by atoms with E-state index in [0.29, 0.717) is 52.9 Å². The Hall–Kier alpha value is -5.43. The number of aromatic nitrogens is 4. The van der Waals surface area contributed by atoms with Gasteiger partial charge in [-0.05, 0) is 49.1 Å². The third kappa shape index (κ3) is 4.78. The summed E-state index contributed by atoms with van der Waals surface area (Å²) >= 11 is 0. The Morgan fingerprint density at radius 3 is 2.73 bits per heavy atom. The number of fused-ring (bicyclic) bond motifs is 2. The molecule has 0 aliphatic carbocycles. The van der Waals surface area contributed by atoms with E-state index in [1.54, 1.807) is 27.9 Å². The summed E-state index contributed by atoms with van der Waals surface area (Å²) in [6.45, 7) is 2.84. The lowest BCUT2D eigenvalue weighted by Gasteiger charge is -2.21. The van der Waals surface area contributed by atoms with Crippen LogP contribution in [0.1, 0.15) is 47.4 Å². The van der Waals surface area contributed by atoms with Crippen molar-refractivity contribution in [3.63, 3.8) is 0 Å². The number of hydrogen-bond acceptors (Lipinski definition) is 6. The fraction of sp³-hybridized carbons (Fsp3) is 0.194. The largest absolute Gasteiger partial charge is 0.381 e. The van der Waals surface area contributed by atoms with E-state index < -0.39 is 11.9 Å². The smallest absolute Gasteiger partial charge is 0.264 e. The van der Waals surface area contributed by atoms with Crippen LogP contribution in [0.15, 0.2) is 77.9 Å². The molecule has 3 N–H and O–H groups in total. The number of hydrogen-bond donors (Lipinski definition) is 2. The fourth-order valence-corrected chi connectivity index (χ4v) is 5.21. The van der Waals surface area contributed by atoms with E-state index in [9.17, 15) is 14.4 Å². The van der Waals surface area contributed by atoms with Gasteiger partial charge < -0.3 is 16.0 Å². The lowest BCUT2D eigenvalue weighted by Crippen LogP contribution is -2.32. The summed E-state index contributed by atoms with van der Waals surface area (Å²) in [6.07, 6.45) is 4.62. The van der Waals surface area contributed by atoms with Gasteiger partial charge in [0.05, 0.1) is 18.0 Å². The predicted octanol–water partition coefficient (Wildman–Crippen LogP) is 3.08. The Bertz CT molecular complexity index is 1930. The minimum Gasteiger partial charge on any atom is -0.381 e. The van der Waals surface area contributed by atoms with Gasteiger partial charge in [0.1, 0.15) is 5.56 Å². The molecule has 3 aromatic heterocycles. The summed E-state index contributed by atoms with van der Waals surface area (Å²) in [5.41, 5.74) is 8.13. The molecule has 41 heavy (non-hydrogen) atoms. The zero-order valence-corrected chi connectivity index (χ0v) is 22.4. The van der Waals surface area contributed by atoms with Crippen LogP contribution in [0.2, 0.25) is 0 Å². The first-order valence-electron chi connectivity index (χ1n) is 13.3. The lowest BCUT2D eigenvalue weighted by molar-refractivity contribution is -0.127. The Kier molecular flexibility index (Phi) is 6.69. The van der Waals surface area contributed by atoms with Crippen molar-refractivity contribution in [1.82, 2.24) is 29.4 Å². The Balaban J connectivity index is 1.42. The van der Waals surface area contributed by atoms with Gasteiger partial charge in [-0.3, -0.25) is 19.0 Å². The summed E-state index contributed by atoms with van der Waals surface area (Å²) in [7, 11) is 0. The number of benzene rings is 2. The topological polar surface area (TPSA) is 128 Å². The number of pyridine rings is 1. The zero-order chi connectivity index (χ0) is 28.5. The molecule has 1 aliphatic rings. The number of nitrogens with two attached hydrogens (primary N) is 1. The Morgan fingerprint density at radius 1 is 1.12 bits per heavy atom. The monoisotopic (exact) mass is 545 g/mol. The molecule has 2 amide bonds. The van der Waals surface area contributed by atoms with E-state index in [0.717, 1.165) is 6.42 Å². The van der Waals surface area contributed by atoms with Crippen molar-refractivity contribution < 1.29 is 9.59 Å². The number of nitrogens with one attached hydrogen (secondary N) is 1. The maximum absolute atomic E-state index is 14.2. The number of amides is 2. The molecule has 4 heterocycles. The quantitative estimate of drug-likeness (QED) is 0.327. The van der Waals surface area contributed by atoms with Gasteiger partial charge in [-0.25, -0.2) is 9.50 Å². The highest BCUT2D eigenvalue weighted by Gasteiger charge is 2.24. The van der Waals surface area contributed by atoms with E-state index in [1.165, 1.54) is 4.52 Å². The van der Waals surface area contributed by atoms with Crippen molar-refractivity contribution in [2.45, 2.75) is 25.8 Å². The van der Waals surface area contributed by atoms with E-state index in [1.807, 2.05) is 61.5 Å². The van der Waals surface area contributed by atoms with Crippen LogP contribution < -0.4 is 16.6 Å². The molecule has 2 aromatic carbocycles. The fourth-order valence-electron chi connectivity index (χ4n) is 5.21. The average molecular weight is 546 g/mol.